The number of halogens is 1. The largest absolute Gasteiger partial charge is 0.390 e. The Kier molecular flexibility index (Phi) is 5.94. The Hall–Kier alpha value is -2.09. The Bertz CT molecular complexity index is 1030. The molecule has 6 nitrogen and oxygen atoms in total. The summed E-state index contributed by atoms with van der Waals surface area (Å²) in [5.74, 6) is -0.249. The molecule has 0 saturated carbocycles. The Morgan fingerprint density at radius 1 is 1.24 bits per heavy atom. The van der Waals surface area contributed by atoms with E-state index in [9.17, 15) is 18.3 Å². The molecule has 0 spiro atoms. The lowest BCUT2D eigenvalue weighted by molar-refractivity contribution is 0.0211. The number of benzene rings is 2. The number of amides is 1. The number of nitrogens with one attached hydrogen (secondary N) is 1. The molecule has 1 amide bonds. The highest BCUT2D eigenvalue weighted by Crippen LogP contribution is 2.29. The second kappa shape index (κ2) is 7.97. The van der Waals surface area contributed by atoms with Gasteiger partial charge in [-0.2, -0.15) is 0 Å². The standard InChI is InChI=1S/C21H25ClN2O4S/c1-14-7-8-15(20(25)24-10-9-16(13-24)21(2,3)26)11-19(14)29(27,28)23-18-6-4-5-17(22)12-18/h4-8,11-12,16,23,26H,9-10,13H2,1-3H3. The first-order chi connectivity index (χ1) is 13.5. The number of hydrogen-bond donors (Lipinski definition) is 2. The molecule has 3 rings (SSSR count). The quantitative estimate of drug-likeness (QED) is 0.748. The fourth-order valence-electron chi connectivity index (χ4n) is 3.49. The van der Waals surface area contributed by atoms with Crippen LogP contribution in [0.4, 0.5) is 5.69 Å². The van der Waals surface area contributed by atoms with E-state index >= 15 is 0 Å². The van der Waals surface area contributed by atoms with Crippen LogP contribution in [0.15, 0.2) is 47.4 Å². The average molecular weight is 437 g/mol. The SMILES string of the molecule is Cc1ccc(C(=O)N2CCC(C(C)(C)O)C2)cc1S(=O)(=O)Nc1cccc(Cl)c1. The van der Waals surface area contributed by atoms with Gasteiger partial charge in [-0.3, -0.25) is 9.52 Å². The van der Waals surface area contributed by atoms with Crippen LogP contribution in [-0.2, 0) is 10.0 Å². The monoisotopic (exact) mass is 436 g/mol. The average Bonchev–Trinajstić information content (AvgIpc) is 3.11. The van der Waals surface area contributed by atoms with Crippen molar-refractivity contribution in [1.82, 2.24) is 4.90 Å². The third-order valence-corrected chi connectivity index (χ3v) is 7.03. The van der Waals surface area contributed by atoms with Gasteiger partial charge in [-0.05, 0) is 63.1 Å². The lowest BCUT2D eigenvalue weighted by atomic mass is 9.90. The molecule has 0 aliphatic carbocycles. The summed E-state index contributed by atoms with van der Waals surface area (Å²) in [7, 11) is -3.89. The van der Waals surface area contributed by atoms with E-state index in [0.29, 0.717) is 41.3 Å². The zero-order chi connectivity index (χ0) is 21.4. The van der Waals surface area contributed by atoms with E-state index in [1.165, 1.54) is 12.1 Å². The summed E-state index contributed by atoms with van der Waals surface area (Å²) >= 11 is 5.93. The van der Waals surface area contributed by atoms with Crippen molar-refractivity contribution in [2.45, 2.75) is 37.7 Å². The smallest absolute Gasteiger partial charge is 0.262 e. The van der Waals surface area contributed by atoms with E-state index in [-0.39, 0.29) is 16.7 Å². The van der Waals surface area contributed by atoms with Crippen molar-refractivity contribution in [3.8, 4) is 0 Å². The van der Waals surface area contributed by atoms with Crippen molar-refractivity contribution in [1.29, 1.82) is 0 Å². The number of anilines is 1. The van der Waals surface area contributed by atoms with E-state index < -0.39 is 15.6 Å². The first kappa shape index (κ1) is 21.6. The minimum absolute atomic E-state index is 0.00963. The van der Waals surface area contributed by atoms with Gasteiger partial charge >= 0.3 is 0 Å². The highest BCUT2D eigenvalue weighted by molar-refractivity contribution is 7.92. The van der Waals surface area contributed by atoms with Gasteiger partial charge in [0.2, 0.25) is 0 Å². The van der Waals surface area contributed by atoms with E-state index in [1.54, 1.807) is 56.0 Å². The second-order valence-corrected chi connectivity index (χ2v) is 10.1. The molecule has 1 unspecified atom stereocenters. The first-order valence-electron chi connectivity index (χ1n) is 9.38. The Balaban J connectivity index is 1.85. The van der Waals surface area contributed by atoms with E-state index in [1.807, 2.05) is 0 Å². The molecular weight excluding hydrogens is 412 g/mol. The van der Waals surface area contributed by atoms with E-state index in [2.05, 4.69) is 4.72 Å². The lowest BCUT2D eigenvalue weighted by Crippen LogP contribution is -2.35. The Morgan fingerprint density at radius 3 is 2.59 bits per heavy atom. The highest BCUT2D eigenvalue weighted by Gasteiger charge is 2.35. The molecule has 2 aromatic carbocycles. The van der Waals surface area contributed by atoms with Crippen molar-refractivity contribution in [3.63, 3.8) is 0 Å². The van der Waals surface area contributed by atoms with Crippen molar-refractivity contribution in [2.24, 2.45) is 5.92 Å². The molecule has 1 fully saturated rings. The van der Waals surface area contributed by atoms with Gasteiger partial charge in [0.15, 0.2) is 0 Å². The van der Waals surface area contributed by atoms with E-state index in [4.69, 9.17) is 11.6 Å². The molecule has 0 bridgehead atoms. The Morgan fingerprint density at radius 2 is 1.97 bits per heavy atom. The summed E-state index contributed by atoms with van der Waals surface area (Å²) in [6.07, 6.45) is 0.711. The van der Waals surface area contributed by atoms with Crippen LogP contribution >= 0.6 is 11.6 Å². The van der Waals surface area contributed by atoms with Crippen LogP contribution in [0.2, 0.25) is 5.02 Å². The van der Waals surface area contributed by atoms with Gasteiger partial charge in [-0.25, -0.2) is 8.42 Å². The Labute approximate surface area is 176 Å². The van der Waals surface area contributed by atoms with Gasteiger partial charge < -0.3 is 10.0 Å². The number of rotatable bonds is 5. The molecule has 0 radical (unpaired) electrons. The number of sulfonamides is 1. The summed E-state index contributed by atoms with van der Waals surface area (Å²) in [5.41, 5.74) is 0.323. The number of carbonyl (C=O) groups is 1. The lowest BCUT2D eigenvalue weighted by Gasteiger charge is -2.25. The zero-order valence-electron chi connectivity index (χ0n) is 16.6. The molecule has 1 saturated heterocycles. The van der Waals surface area contributed by atoms with Crippen LogP contribution in [0, 0.1) is 12.8 Å². The molecule has 2 aromatic rings. The van der Waals surface area contributed by atoms with Crippen molar-refractivity contribution in [3.05, 3.63) is 58.6 Å². The van der Waals surface area contributed by atoms with Gasteiger partial charge in [0, 0.05) is 29.6 Å². The number of carbonyl (C=O) groups excluding carboxylic acids is 1. The fraction of sp³-hybridized carbons (Fsp3) is 0.381. The summed E-state index contributed by atoms with van der Waals surface area (Å²) in [6.45, 7) is 6.14. The van der Waals surface area contributed by atoms with Crippen LogP contribution < -0.4 is 4.72 Å². The minimum atomic E-state index is -3.89. The van der Waals surface area contributed by atoms with E-state index in [0.717, 1.165) is 0 Å². The second-order valence-electron chi connectivity index (χ2n) is 7.99. The molecule has 8 heteroatoms. The third kappa shape index (κ3) is 4.91. The maximum Gasteiger partial charge on any atom is 0.262 e. The molecule has 1 aliphatic rings. The summed E-state index contributed by atoms with van der Waals surface area (Å²) in [5, 5.41) is 10.6. The number of nitrogens with zero attached hydrogens (tertiary/aromatic N) is 1. The first-order valence-corrected chi connectivity index (χ1v) is 11.2. The molecule has 29 heavy (non-hydrogen) atoms. The molecule has 156 valence electrons. The topological polar surface area (TPSA) is 86.7 Å². The van der Waals surface area contributed by atoms with Crippen LogP contribution in [0.1, 0.15) is 36.2 Å². The molecule has 0 aromatic heterocycles. The summed E-state index contributed by atoms with van der Waals surface area (Å²) < 4.78 is 28.3. The number of likely N-dealkylation sites (tertiary alicyclic amines) is 1. The van der Waals surface area contributed by atoms with Crippen LogP contribution in [0.5, 0.6) is 0 Å². The molecule has 2 N–H and O–H groups in total. The maximum absolute atomic E-state index is 12.9. The molecular formula is C21H25ClN2O4S. The predicted octanol–water partition coefficient (Wildman–Crippen LogP) is 3.68. The van der Waals surface area contributed by atoms with Gasteiger partial charge in [0.1, 0.15) is 0 Å². The fourth-order valence-corrected chi connectivity index (χ4v) is 5.00. The molecule has 1 aliphatic heterocycles. The van der Waals surface area contributed by atoms with Gasteiger partial charge in [-0.15, -0.1) is 0 Å². The van der Waals surface area contributed by atoms with Gasteiger partial charge in [0.05, 0.1) is 16.2 Å². The number of aliphatic hydroxyl groups is 1. The van der Waals surface area contributed by atoms with Crippen LogP contribution in [-0.4, -0.2) is 43.0 Å². The van der Waals surface area contributed by atoms with Crippen molar-refractivity contribution >= 4 is 33.2 Å². The minimum Gasteiger partial charge on any atom is -0.390 e. The van der Waals surface area contributed by atoms with Crippen LogP contribution in [0.3, 0.4) is 0 Å². The summed E-state index contributed by atoms with van der Waals surface area (Å²) in [4.78, 5) is 14.6. The maximum atomic E-state index is 12.9. The normalized spacial score (nSPS) is 17.4. The summed E-state index contributed by atoms with van der Waals surface area (Å²) in [6, 6.07) is 11.1. The van der Waals surface area contributed by atoms with Crippen LogP contribution in [0.25, 0.3) is 0 Å². The number of hydrogen-bond acceptors (Lipinski definition) is 4. The highest BCUT2D eigenvalue weighted by atomic mass is 35.5. The van der Waals surface area contributed by atoms with Crippen molar-refractivity contribution < 1.29 is 18.3 Å². The molecule has 1 heterocycles. The number of aryl methyl sites for hydroxylation is 1. The molecule has 1 atom stereocenters. The third-order valence-electron chi connectivity index (χ3n) is 5.28. The van der Waals surface area contributed by atoms with Crippen molar-refractivity contribution in [2.75, 3.05) is 17.8 Å². The predicted molar refractivity (Wildman–Crippen MR) is 114 cm³/mol. The van der Waals surface area contributed by atoms with Gasteiger partial charge in [0.25, 0.3) is 15.9 Å². The van der Waals surface area contributed by atoms with Gasteiger partial charge in [-0.1, -0.05) is 23.7 Å². The zero-order valence-corrected chi connectivity index (χ0v) is 18.2.